The Morgan fingerprint density at radius 2 is 1.81 bits per heavy atom. The average Bonchev–Trinajstić information content (AvgIpc) is 3.20. The van der Waals surface area contributed by atoms with Crippen LogP contribution in [0.3, 0.4) is 0 Å². The lowest BCUT2D eigenvalue weighted by atomic mass is 10.1. The fourth-order valence-electron chi connectivity index (χ4n) is 4.93. The third-order valence-corrected chi connectivity index (χ3v) is 7.48. The number of hydrogen-bond acceptors (Lipinski definition) is 10. The van der Waals surface area contributed by atoms with Gasteiger partial charge in [-0.25, -0.2) is 19.9 Å². The minimum atomic E-state index is -0.548. The lowest BCUT2D eigenvalue weighted by Crippen LogP contribution is -2.52. The summed E-state index contributed by atoms with van der Waals surface area (Å²) in [5.41, 5.74) is 9.74. The highest BCUT2D eigenvalue weighted by Gasteiger charge is 2.28. The molecule has 13 heteroatoms. The van der Waals surface area contributed by atoms with Crippen LogP contribution < -0.4 is 21.5 Å². The maximum atomic E-state index is 13.3. The maximum Gasteiger partial charge on any atom is 0.285 e. The van der Waals surface area contributed by atoms with Crippen molar-refractivity contribution in [3.63, 3.8) is 0 Å². The number of methoxy groups -OCH3 is 1. The van der Waals surface area contributed by atoms with Gasteiger partial charge >= 0.3 is 0 Å². The summed E-state index contributed by atoms with van der Waals surface area (Å²) in [5.74, 6) is 0.940. The lowest BCUT2D eigenvalue weighted by molar-refractivity contribution is 0.0783. The first-order chi connectivity index (χ1) is 20.7. The van der Waals surface area contributed by atoms with Crippen LogP contribution in [0.15, 0.2) is 65.8 Å². The Bertz CT molecular complexity index is 1890. The molecular weight excluding hydrogens is 548 g/mol. The number of nitrogens with one attached hydrogen (secondary N) is 1. The van der Waals surface area contributed by atoms with Gasteiger partial charge in [0.25, 0.3) is 11.5 Å². The van der Waals surface area contributed by atoms with E-state index in [-0.39, 0.29) is 17.5 Å². The number of ether oxygens (including phenoxy) is 1. The molecule has 0 saturated carbocycles. The molecule has 218 valence electrons. The number of hydrogen-bond donors (Lipinski definition) is 2. The molecule has 0 bridgehead atoms. The summed E-state index contributed by atoms with van der Waals surface area (Å²) in [5, 5.41) is 2.77. The molecule has 3 N–H and O–H groups in total. The highest BCUT2D eigenvalue weighted by atomic mass is 16.5. The molecular formula is C30H30N10O3. The van der Waals surface area contributed by atoms with Crippen molar-refractivity contribution in [2.24, 2.45) is 7.05 Å². The average molecular weight is 579 g/mol. The van der Waals surface area contributed by atoms with Crippen LogP contribution in [0.1, 0.15) is 21.7 Å². The van der Waals surface area contributed by atoms with E-state index in [1.165, 1.54) is 10.9 Å². The number of amides is 1. The van der Waals surface area contributed by atoms with Crippen molar-refractivity contribution >= 4 is 23.2 Å². The van der Waals surface area contributed by atoms with Gasteiger partial charge in [0, 0.05) is 44.7 Å². The minimum absolute atomic E-state index is 0.0189. The van der Waals surface area contributed by atoms with E-state index < -0.39 is 11.5 Å². The molecule has 43 heavy (non-hydrogen) atoms. The second-order valence-electron chi connectivity index (χ2n) is 10.3. The van der Waals surface area contributed by atoms with Crippen molar-refractivity contribution in [1.29, 1.82) is 0 Å². The Morgan fingerprint density at radius 1 is 1.00 bits per heavy atom. The van der Waals surface area contributed by atoms with Gasteiger partial charge in [0.05, 0.1) is 41.3 Å². The smallest absolute Gasteiger partial charge is 0.285 e. The fourth-order valence-corrected chi connectivity index (χ4v) is 4.93. The lowest BCUT2D eigenvalue weighted by Gasteiger charge is -2.39. The summed E-state index contributed by atoms with van der Waals surface area (Å²) in [7, 11) is 3.42. The zero-order chi connectivity index (χ0) is 30.2. The molecule has 1 amide bonds. The van der Waals surface area contributed by atoms with Gasteiger partial charge < -0.3 is 20.7 Å². The number of pyridine rings is 3. The predicted octanol–water partition coefficient (Wildman–Crippen LogP) is 2.77. The largest absolute Gasteiger partial charge is 0.382 e. The summed E-state index contributed by atoms with van der Waals surface area (Å²) in [4.78, 5) is 51.1. The molecule has 6 heterocycles. The van der Waals surface area contributed by atoms with Gasteiger partial charge in [0.15, 0.2) is 11.6 Å². The Balaban J connectivity index is 1.22. The molecule has 1 aliphatic heterocycles. The Morgan fingerprint density at radius 3 is 2.53 bits per heavy atom. The summed E-state index contributed by atoms with van der Waals surface area (Å²) >= 11 is 0. The molecule has 0 aliphatic carbocycles. The summed E-state index contributed by atoms with van der Waals surface area (Å²) in [6.45, 7) is 5.11. The fraction of sp³-hybridized carbons (Fsp3) is 0.233. The molecule has 0 radical (unpaired) electrons. The van der Waals surface area contributed by atoms with Crippen LogP contribution in [-0.4, -0.2) is 66.5 Å². The number of carbonyl (C=O) groups excluding carboxylic acids is 1. The van der Waals surface area contributed by atoms with E-state index in [1.807, 2.05) is 31.2 Å². The molecule has 1 saturated heterocycles. The van der Waals surface area contributed by atoms with Gasteiger partial charge in [0.2, 0.25) is 0 Å². The highest BCUT2D eigenvalue weighted by Crippen LogP contribution is 2.28. The summed E-state index contributed by atoms with van der Waals surface area (Å²) in [6, 6.07) is 12.6. The van der Waals surface area contributed by atoms with Crippen molar-refractivity contribution in [2.45, 2.75) is 20.0 Å². The van der Waals surface area contributed by atoms with Crippen molar-refractivity contribution in [3.8, 4) is 28.5 Å². The van der Waals surface area contributed by atoms with Gasteiger partial charge in [-0.05, 0) is 50.2 Å². The minimum Gasteiger partial charge on any atom is -0.382 e. The van der Waals surface area contributed by atoms with Crippen LogP contribution >= 0.6 is 0 Å². The SMILES string of the molecule is COC1CN(c2cc(-c3cnc(N)c(-c4ccc(NC(=O)c5c(C)n(C)n(-c6cccc(C)n6)c5=O)cn4)n3)ccn2)C1. The highest BCUT2D eigenvalue weighted by molar-refractivity contribution is 6.04. The van der Waals surface area contributed by atoms with E-state index in [9.17, 15) is 9.59 Å². The second-order valence-corrected chi connectivity index (χ2v) is 10.3. The molecule has 1 fully saturated rings. The third-order valence-electron chi connectivity index (χ3n) is 7.48. The van der Waals surface area contributed by atoms with Gasteiger partial charge in [-0.3, -0.25) is 19.3 Å². The van der Waals surface area contributed by atoms with Crippen LogP contribution in [-0.2, 0) is 11.8 Å². The first-order valence-corrected chi connectivity index (χ1v) is 13.6. The van der Waals surface area contributed by atoms with E-state index in [4.69, 9.17) is 15.5 Å². The zero-order valence-corrected chi connectivity index (χ0v) is 24.1. The maximum absolute atomic E-state index is 13.3. The zero-order valence-electron chi connectivity index (χ0n) is 24.1. The van der Waals surface area contributed by atoms with Crippen molar-refractivity contribution in [1.82, 2.24) is 34.3 Å². The molecule has 0 aromatic carbocycles. The number of nitrogen functional groups attached to an aromatic ring is 1. The molecule has 5 aromatic heterocycles. The van der Waals surface area contributed by atoms with Gasteiger partial charge in [-0.1, -0.05) is 6.07 Å². The quantitative estimate of drug-likeness (QED) is 0.294. The topological polar surface area (TPSA) is 159 Å². The Kier molecular flexibility index (Phi) is 7.16. The van der Waals surface area contributed by atoms with E-state index in [2.05, 4.69) is 30.2 Å². The van der Waals surface area contributed by atoms with Crippen molar-refractivity contribution < 1.29 is 9.53 Å². The van der Waals surface area contributed by atoms with Crippen LogP contribution in [0, 0.1) is 13.8 Å². The normalized spacial score (nSPS) is 13.2. The third kappa shape index (κ3) is 5.21. The van der Waals surface area contributed by atoms with E-state index in [1.54, 1.807) is 56.4 Å². The molecule has 6 rings (SSSR count). The molecule has 1 aliphatic rings. The number of rotatable bonds is 7. The Hall–Kier alpha value is -5.43. The van der Waals surface area contributed by atoms with E-state index in [0.29, 0.717) is 34.3 Å². The predicted molar refractivity (Wildman–Crippen MR) is 162 cm³/mol. The molecule has 0 unspecified atom stereocenters. The van der Waals surface area contributed by atoms with Crippen molar-refractivity contribution in [3.05, 3.63) is 88.4 Å². The second kappa shape index (κ2) is 11.1. The number of anilines is 3. The molecule has 0 spiro atoms. The van der Waals surface area contributed by atoms with Crippen LogP contribution in [0.2, 0.25) is 0 Å². The molecule has 13 nitrogen and oxygen atoms in total. The van der Waals surface area contributed by atoms with E-state index >= 15 is 0 Å². The monoisotopic (exact) mass is 578 g/mol. The van der Waals surface area contributed by atoms with Crippen LogP contribution in [0.4, 0.5) is 17.3 Å². The number of aromatic nitrogens is 7. The van der Waals surface area contributed by atoms with Gasteiger partial charge in [-0.2, -0.15) is 4.68 Å². The van der Waals surface area contributed by atoms with Gasteiger partial charge in [0.1, 0.15) is 17.1 Å². The number of nitrogens with zero attached hydrogens (tertiary/aromatic N) is 8. The summed E-state index contributed by atoms with van der Waals surface area (Å²) < 4.78 is 8.35. The number of nitrogens with two attached hydrogens (primary N) is 1. The standard InChI is InChI=1S/C30H30N10O3/c1-17-6-5-7-24(35-17)40-30(42)26(18(2)38(40)3)29(41)36-20-8-9-22(33-13-20)27-28(31)34-14-23(37-27)19-10-11-32-25(12-19)39-15-21(16-39)43-4/h5-14,21H,15-16H2,1-4H3,(H2,31,34)(H,36,41). The van der Waals surface area contributed by atoms with Crippen molar-refractivity contribution in [2.75, 3.05) is 36.1 Å². The van der Waals surface area contributed by atoms with Crippen LogP contribution in [0.5, 0.6) is 0 Å². The first kappa shape index (κ1) is 27.7. The molecule has 5 aromatic rings. The molecule has 0 atom stereocenters. The van der Waals surface area contributed by atoms with Crippen LogP contribution in [0.25, 0.3) is 28.5 Å². The number of aryl methyl sites for hydroxylation is 1. The first-order valence-electron chi connectivity index (χ1n) is 13.6. The van der Waals surface area contributed by atoms with E-state index in [0.717, 1.165) is 30.2 Å². The van der Waals surface area contributed by atoms with Gasteiger partial charge in [-0.15, -0.1) is 0 Å². The number of carbonyl (C=O) groups is 1. The Labute approximate surface area is 247 Å². The summed E-state index contributed by atoms with van der Waals surface area (Å²) in [6.07, 6.45) is 5.04.